The zero-order valence-electron chi connectivity index (χ0n) is 16.5. The van der Waals surface area contributed by atoms with Gasteiger partial charge in [-0.1, -0.05) is 35.5 Å². The van der Waals surface area contributed by atoms with E-state index in [1.165, 1.54) is 0 Å². The van der Waals surface area contributed by atoms with E-state index in [-0.39, 0.29) is 18.4 Å². The lowest BCUT2D eigenvalue weighted by Crippen LogP contribution is -2.38. The Kier molecular flexibility index (Phi) is 5.29. The third-order valence-corrected chi connectivity index (χ3v) is 4.76. The Hall–Kier alpha value is -3.60. The molecule has 0 aliphatic heterocycles. The molecule has 29 heavy (non-hydrogen) atoms. The standard InChI is InChI=1S/C24H23N3O2/c1-17(2)27(24(28)16-22-21-10-6-7-11-23(21)29-26-22)20-14-12-19(13-15-20)25-18-8-4-3-5-9-18/h3-15,17,25H,16H2,1-2H3. The molecular formula is C24H23N3O2. The Morgan fingerprint density at radius 3 is 2.31 bits per heavy atom. The average molecular weight is 385 g/mol. The van der Waals surface area contributed by atoms with E-state index in [0.29, 0.717) is 11.3 Å². The van der Waals surface area contributed by atoms with E-state index in [2.05, 4.69) is 10.5 Å². The van der Waals surface area contributed by atoms with E-state index in [9.17, 15) is 4.79 Å². The highest BCUT2D eigenvalue weighted by molar-refractivity contribution is 5.97. The highest BCUT2D eigenvalue weighted by Crippen LogP contribution is 2.25. The minimum absolute atomic E-state index is 0.0113. The second-order valence-corrected chi connectivity index (χ2v) is 7.20. The maximum Gasteiger partial charge on any atom is 0.233 e. The summed E-state index contributed by atoms with van der Waals surface area (Å²) in [5.74, 6) is -0.0113. The smallest absolute Gasteiger partial charge is 0.233 e. The number of carbonyl (C=O) groups is 1. The molecule has 3 aromatic carbocycles. The van der Waals surface area contributed by atoms with E-state index >= 15 is 0 Å². The first-order valence-electron chi connectivity index (χ1n) is 9.69. The second kappa shape index (κ2) is 8.19. The molecule has 1 aromatic heterocycles. The monoisotopic (exact) mass is 385 g/mol. The van der Waals surface area contributed by atoms with Gasteiger partial charge in [0.2, 0.25) is 5.91 Å². The number of rotatable bonds is 6. The van der Waals surface area contributed by atoms with Gasteiger partial charge in [-0.05, 0) is 62.4 Å². The number of fused-ring (bicyclic) bond motifs is 1. The van der Waals surface area contributed by atoms with Crippen molar-refractivity contribution in [1.82, 2.24) is 5.16 Å². The Bertz CT molecular complexity index is 1100. The van der Waals surface area contributed by atoms with Crippen molar-refractivity contribution < 1.29 is 9.32 Å². The first-order valence-corrected chi connectivity index (χ1v) is 9.69. The summed E-state index contributed by atoms with van der Waals surface area (Å²) in [6.45, 7) is 4.02. The van der Waals surface area contributed by atoms with Crippen LogP contribution in [0.4, 0.5) is 17.1 Å². The topological polar surface area (TPSA) is 58.4 Å². The highest BCUT2D eigenvalue weighted by Gasteiger charge is 2.22. The minimum Gasteiger partial charge on any atom is -0.356 e. The third-order valence-electron chi connectivity index (χ3n) is 4.76. The van der Waals surface area contributed by atoms with Crippen LogP contribution in [0.15, 0.2) is 83.4 Å². The van der Waals surface area contributed by atoms with Gasteiger partial charge in [0, 0.05) is 28.5 Å². The molecular weight excluding hydrogens is 362 g/mol. The number of carbonyl (C=O) groups excluding carboxylic acids is 1. The van der Waals surface area contributed by atoms with E-state index in [1.807, 2.05) is 92.7 Å². The summed E-state index contributed by atoms with van der Waals surface area (Å²) in [6, 6.07) is 25.5. The van der Waals surface area contributed by atoms with Gasteiger partial charge in [-0.15, -0.1) is 0 Å². The number of nitrogens with one attached hydrogen (secondary N) is 1. The van der Waals surface area contributed by atoms with Gasteiger partial charge in [-0.25, -0.2) is 0 Å². The quantitative estimate of drug-likeness (QED) is 0.472. The number of anilines is 3. The van der Waals surface area contributed by atoms with Crippen molar-refractivity contribution in [2.75, 3.05) is 10.2 Å². The van der Waals surface area contributed by atoms with Crippen LogP contribution in [0.1, 0.15) is 19.5 Å². The lowest BCUT2D eigenvalue weighted by atomic mass is 10.1. The molecule has 1 heterocycles. The van der Waals surface area contributed by atoms with Gasteiger partial charge in [0.25, 0.3) is 0 Å². The molecule has 0 unspecified atom stereocenters. The van der Waals surface area contributed by atoms with Crippen molar-refractivity contribution >= 4 is 33.9 Å². The third kappa shape index (κ3) is 4.14. The number of amides is 1. The van der Waals surface area contributed by atoms with Crippen LogP contribution in [-0.4, -0.2) is 17.1 Å². The summed E-state index contributed by atoms with van der Waals surface area (Å²) in [5, 5.41) is 8.34. The van der Waals surface area contributed by atoms with Gasteiger partial charge in [-0.2, -0.15) is 0 Å². The largest absolute Gasteiger partial charge is 0.356 e. The van der Waals surface area contributed by atoms with Crippen molar-refractivity contribution in [1.29, 1.82) is 0 Å². The van der Waals surface area contributed by atoms with Crippen LogP contribution in [0.5, 0.6) is 0 Å². The normalized spacial score (nSPS) is 11.0. The molecule has 0 aliphatic rings. The summed E-state index contributed by atoms with van der Waals surface area (Å²) in [6.07, 6.45) is 0.194. The fourth-order valence-corrected chi connectivity index (χ4v) is 3.42. The zero-order chi connectivity index (χ0) is 20.2. The molecule has 1 amide bonds. The van der Waals surface area contributed by atoms with Gasteiger partial charge < -0.3 is 14.7 Å². The molecule has 0 aliphatic carbocycles. The molecule has 0 fully saturated rings. The minimum atomic E-state index is -0.0113. The lowest BCUT2D eigenvalue weighted by molar-refractivity contribution is -0.118. The molecule has 0 radical (unpaired) electrons. The van der Waals surface area contributed by atoms with Crippen LogP contribution in [0.25, 0.3) is 11.0 Å². The van der Waals surface area contributed by atoms with Crippen LogP contribution in [0.2, 0.25) is 0 Å². The molecule has 0 atom stereocenters. The Morgan fingerprint density at radius 2 is 1.59 bits per heavy atom. The summed E-state index contributed by atoms with van der Waals surface area (Å²) in [4.78, 5) is 14.9. The first-order chi connectivity index (χ1) is 14.1. The maximum atomic E-state index is 13.1. The molecule has 146 valence electrons. The molecule has 5 nitrogen and oxygen atoms in total. The van der Waals surface area contributed by atoms with Crippen molar-refractivity contribution in [3.63, 3.8) is 0 Å². The number of para-hydroxylation sites is 2. The van der Waals surface area contributed by atoms with Gasteiger partial charge in [-0.3, -0.25) is 4.79 Å². The number of aromatic nitrogens is 1. The van der Waals surface area contributed by atoms with Crippen LogP contribution < -0.4 is 10.2 Å². The lowest BCUT2D eigenvalue weighted by Gasteiger charge is -2.27. The predicted octanol–water partition coefficient (Wildman–Crippen LogP) is 5.56. The maximum absolute atomic E-state index is 13.1. The van der Waals surface area contributed by atoms with Gasteiger partial charge in [0.05, 0.1) is 6.42 Å². The molecule has 0 saturated heterocycles. The molecule has 4 rings (SSSR count). The van der Waals surface area contributed by atoms with Gasteiger partial charge >= 0.3 is 0 Å². The number of benzene rings is 3. The van der Waals surface area contributed by atoms with Crippen LogP contribution in [0.3, 0.4) is 0 Å². The van der Waals surface area contributed by atoms with Crippen LogP contribution in [-0.2, 0) is 11.2 Å². The first kappa shape index (κ1) is 18.7. The van der Waals surface area contributed by atoms with Crippen molar-refractivity contribution in [3.05, 3.63) is 84.6 Å². The Balaban J connectivity index is 1.53. The van der Waals surface area contributed by atoms with E-state index < -0.39 is 0 Å². The molecule has 1 N–H and O–H groups in total. The summed E-state index contributed by atoms with van der Waals surface area (Å²) >= 11 is 0. The van der Waals surface area contributed by atoms with Crippen molar-refractivity contribution in [3.8, 4) is 0 Å². The van der Waals surface area contributed by atoms with E-state index in [1.54, 1.807) is 4.90 Å². The zero-order valence-corrected chi connectivity index (χ0v) is 16.5. The number of nitrogens with zero attached hydrogens (tertiary/aromatic N) is 2. The second-order valence-electron chi connectivity index (χ2n) is 7.20. The SMILES string of the molecule is CC(C)N(C(=O)Cc1noc2ccccc12)c1ccc(Nc2ccccc2)cc1. The van der Waals surface area contributed by atoms with Gasteiger partial charge in [0.15, 0.2) is 5.58 Å². The molecule has 0 bridgehead atoms. The van der Waals surface area contributed by atoms with Crippen molar-refractivity contribution in [2.24, 2.45) is 0 Å². The van der Waals surface area contributed by atoms with Gasteiger partial charge in [0.1, 0.15) is 5.69 Å². The number of hydrogen-bond donors (Lipinski definition) is 1. The predicted molar refractivity (Wildman–Crippen MR) is 117 cm³/mol. The molecule has 0 saturated carbocycles. The summed E-state index contributed by atoms with van der Waals surface area (Å²) in [5.41, 5.74) is 4.21. The highest BCUT2D eigenvalue weighted by atomic mass is 16.5. The summed E-state index contributed by atoms with van der Waals surface area (Å²) in [7, 11) is 0. The fraction of sp³-hybridized carbons (Fsp3) is 0.167. The average Bonchev–Trinajstić information content (AvgIpc) is 3.13. The molecule has 4 aromatic rings. The van der Waals surface area contributed by atoms with E-state index in [0.717, 1.165) is 22.4 Å². The fourth-order valence-electron chi connectivity index (χ4n) is 3.42. The van der Waals surface area contributed by atoms with E-state index in [4.69, 9.17) is 4.52 Å². The van der Waals surface area contributed by atoms with Crippen LogP contribution in [0, 0.1) is 0 Å². The number of hydrogen-bond acceptors (Lipinski definition) is 4. The van der Waals surface area contributed by atoms with Crippen LogP contribution >= 0.6 is 0 Å². The molecule has 0 spiro atoms. The summed E-state index contributed by atoms with van der Waals surface area (Å²) < 4.78 is 5.34. The Morgan fingerprint density at radius 1 is 0.931 bits per heavy atom. The molecule has 5 heteroatoms. The van der Waals surface area contributed by atoms with Crippen molar-refractivity contribution in [2.45, 2.75) is 26.3 Å². The Labute approximate surface area is 169 Å².